The minimum atomic E-state index is 0.140. The quantitative estimate of drug-likeness (QED) is 0.879. The smallest absolute Gasteiger partial charge is 0.119 e. The van der Waals surface area contributed by atoms with E-state index in [-0.39, 0.29) is 6.04 Å². The molecule has 0 aliphatic rings. The molecule has 0 aliphatic heterocycles. The molecule has 0 fully saturated rings. The van der Waals surface area contributed by atoms with Gasteiger partial charge in [0, 0.05) is 7.05 Å². The van der Waals surface area contributed by atoms with E-state index < -0.39 is 0 Å². The van der Waals surface area contributed by atoms with E-state index in [2.05, 4.69) is 35.5 Å². The summed E-state index contributed by atoms with van der Waals surface area (Å²) in [5.41, 5.74) is 3.40. The molecule has 0 saturated carbocycles. The number of hydrogen-bond donors (Lipinski definition) is 1. The summed E-state index contributed by atoms with van der Waals surface area (Å²) in [5, 5.41) is 7.77. The largest absolute Gasteiger partial charge is 0.494 e. The lowest BCUT2D eigenvalue weighted by Gasteiger charge is -2.17. The summed E-state index contributed by atoms with van der Waals surface area (Å²) >= 11 is 0. The van der Waals surface area contributed by atoms with Gasteiger partial charge >= 0.3 is 0 Å². The molecule has 1 aromatic carbocycles. The van der Waals surface area contributed by atoms with E-state index >= 15 is 0 Å². The summed E-state index contributed by atoms with van der Waals surface area (Å²) in [6, 6.07) is 10.5. The van der Waals surface area contributed by atoms with Gasteiger partial charge in [0.2, 0.25) is 0 Å². The highest BCUT2D eigenvalue weighted by Crippen LogP contribution is 2.24. The molecule has 1 unspecified atom stereocenters. The predicted octanol–water partition coefficient (Wildman–Crippen LogP) is 2.83. The van der Waals surface area contributed by atoms with Gasteiger partial charge in [-0.05, 0) is 44.2 Å². The van der Waals surface area contributed by atoms with E-state index in [9.17, 15) is 0 Å². The number of aromatic nitrogens is 2. The van der Waals surface area contributed by atoms with Crippen molar-refractivity contribution in [3.05, 3.63) is 47.3 Å². The maximum atomic E-state index is 5.62. The number of rotatable bonds is 6. The van der Waals surface area contributed by atoms with Gasteiger partial charge in [-0.15, -0.1) is 0 Å². The van der Waals surface area contributed by atoms with Gasteiger partial charge in [0.25, 0.3) is 0 Å². The molecule has 20 heavy (non-hydrogen) atoms. The first kappa shape index (κ1) is 14.6. The fourth-order valence-electron chi connectivity index (χ4n) is 2.36. The molecule has 2 rings (SSSR count). The zero-order chi connectivity index (χ0) is 14.5. The molecule has 0 saturated heterocycles. The Kier molecular flexibility index (Phi) is 4.79. The first-order valence-electron chi connectivity index (χ1n) is 7.06. The maximum absolute atomic E-state index is 5.62. The molecule has 2 aromatic rings. The molecule has 108 valence electrons. The highest BCUT2D eigenvalue weighted by Gasteiger charge is 2.16. The molecule has 0 aliphatic carbocycles. The van der Waals surface area contributed by atoms with Crippen LogP contribution in [0.1, 0.15) is 36.3 Å². The van der Waals surface area contributed by atoms with E-state index in [4.69, 9.17) is 4.74 Å². The monoisotopic (exact) mass is 273 g/mol. The second-order valence-electron chi connectivity index (χ2n) is 4.97. The summed E-state index contributed by atoms with van der Waals surface area (Å²) in [5.74, 6) is 0.923. The van der Waals surface area contributed by atoms with Crippen LogP contribution >= 0.6 is 0 Å². The van der Waals surface area contributed by atoms with Crippen molar-refractivity contribution < 1.29 is 4.74 Å². The first-order valence-corrected chi connectivity index (χ1v) is 7.06. The second kappa shape index (κ2) is 6.57. The van der Waals surface area contributed by atoms with Crippen molar-refractivity contribution in [3.63, 3.8) is 0 Å². The molecule has 4 nitrogen and oxygen atoms in total. The van der Waals surface area contributed by atoms with Crippen LogP contribution in [0, 0.1) is 6.92 Å². The summed E-state index contributed by atoms with van der Waals surface area (Å²) < 4.78 is 7.55. The zero-order valence-electron chi connectivity index (χ0n) is 12.7. The number of hydrogen-bond acceptors (Lipinski definition) is 3. The summed E-state index contributed by atoms with van der Waals surface area (Å²) in [6.07, 6.45) is 1.02. The van der Waals surface area contributed by atoms with Gasteiger partial charge in [0.05, 0.1) is 24.0 Å². The Morgan fingerprint density at radius 2 is 2.00 bits per heavy atom. The number of ether oxygens (including phenoxy) is 1. The third kappa shape index (κ3) is 3.20. The fraction of sp³-hybridized carbons (Fsp3) is 0.438. The third-order valence-corrected chi connectivity index (χ3v) is 3.31. The Morgan fingerprint density at radius 1 is 1.30 bits per heavy atom. The Hall–Kier alpha value is -1.81. The normalized spacial score (nSPS) is 12.4. The highest BCUT2D eigenvalue weighted by molar-refractivity contribution is 5.33. The standard InChI is InChI=1S/C16H23N3O/c1-5-10-20-14-8-6-13(7-9-14)16(17-3)15-11-12(2)18-19(15)4/h6-9,11,16-17H,5,10H2,1-4H3. The van der Waals surface area contributed by atoms with Crippen LogP contribution in [0.25, 0.3) is 0 Å². The van der Waals surface area contributed by atoms with Crippen molar-refractivity contribution in [2.45, 2.75) is 26.3 Å². The number of nitrogens with zero attached hydrogens (tertiary/aromatic N) is 2. The summed E-state index contributed by atoms with van der Waals surface area (Å²) in [7, 11) is 3.94. The van der Waals surface area contributed by atoms with Gasteiger partial charge in [0.1, 0.15) is 5.75 Å². The van der Waals surface area contributed by atoms with E-state index in [1.54, 1.807) is 0 Å². The van der Waals surface area contributed by atoms with Crippen molar-refractivity contribution in [3.8, 4) is 5.75 Å². The van der Waals surface area contributed by atoms with Crippen molar-refractivity contribution in [1.82, 2.24) is 15.1 Å². The second-order valence-corrected chi connectivity index (χ2v) is 4.97. The Balaban J connectivity index is 2.21. The molecule has 1 N–H and O–H groups in total. The third-order valence-electron chi connectivity index (χ3n) is 3.31. The number of nitrogens with one attached hydrogen (secondary N) is 1. The highest BCUT2D eigenvalue weighted by atomic mass is 16.5. The molecule has 0 amide bonds. The van der Waals surface area contributed by atoms with Gasteiger partial charge in [-0.3, -0.25) is 4.68 Å². The van der Waals surface area contributed by atoms with Crippen molar-refractivity contribution in [1.29, 1.82) is 0 Å². The summed E-state index contributed by atoms with van der Waals surface area (Å²) in [6.45, 7) is 4.88. The number of benzene rings is 1. The Labute approximate surface area is 120 Å². The predicted molar refractivity (Wildman–Crippen MR) is 81.1 cm³/mol. The SMILES string of the molecule is CCCOc1ccc(C(NC)c2cc(C)nn2C)cc1. The van der Waals surface area contributed by atoms with Gasteiger partial charge in [-0.2, -0.15) is 5.10 Å². The molecule has 0 radical (unpaired) electrons. The molecule has 1 heterocycles. The first-order chi connectivity index (χ1) is 9.65. The van der Waals surface area contributed by atoms with Crippen molar-refractivity contribution in [2.24, 2.45) is 7.05 Å². The minimum Gasteiger partial charge on any atom is -0.494 e. The van der Waals surface area contributed by atoms with Crippen LogP contribution in [-0.4, -0.2) is 23.4 Å². The van der Waals surface area contributed by atoms with E-state index in [0.29, 0.717) is 0 Å². The molecule has 1 atom stereocenters. The van der Waals surface area contributed by atoms with Crippen LogP contribution in [0.2, 0.25) is 0 Å². The van der Waals surface area contributed by atoms with Crippen LogP contribution in [-0.2, 0) is 7.05 Å². The molecular weight excluding hydrogens is 250 g/mol. The lowest BCUT2D eigenvalue weighted by molar-refractivity contribution is 0.317. The minimum absolute atomic E-state index is 0.140. The van der Waals surface area contributed by atoms with Crippen LogP contribution in [0.15, 0.2) is 30.3 Å². The van der Waals surface area contributed by atoms with Gasteiger partial charge in [-0.25, -0.2) is 0 Å². The lowest BCUT2D eigenvalue weighted by Crippen LogP contribution is -2.20. The molecule has 4 heteroatoms. The molecule has 0 bridgehead atoms. The average molecular weight is 273 g/mol. The van der Waals surface area contributed by atoms with E-state index in [1.165, 1.54) is 5.56 Å². The lowest BCUT2D eigenvalue weighted by atomic mass is 10.0. The molecule has 1 aromatic heterocycles. The van der Waals surface area contributed by atoms with Gasteiger partial charge in [0.15, 0.2) is 0 Å². The van der Waals surface area contributed by atoms with Crippen LogP contribution in [0.5, 0.6) is 5.75 Å². The van der Waals surface area contributed by atoms with Crippen LogP contribution < -0.4 is 10.1 Å². The van der Waals surface area contributed by atoms with Crippen molar-refractivity contribution in [2.75, 3.05) is 13.7 Å². The average Bonchev–Trinajstić information content (AvgIpc) is 2.78. The Bertz CT molecular complexity index is 545. The van der Waals surface area contributed by atoms with Crippen LogP contribution in [0.3, 0.4) is 0 Å². The van der Waals surface area contributed by atoms with Gasteiger partial charge < -0.3 is 10.1 Å². The van der Waals surface area contributed by atoms with Crippen molar-refractivity contribution >= 4 is 0 Å². The molecule has 0 spiro atoms. The zero-order valence-corrected chi connectivity index (χ0v) is 12.7. The van der Waals surface area contributed by atoms with Crippen LogP contribution in [0.4, 0.5) is 0 Å². The van der Waals surface area contributed by atoms with E-state index in [1.807, 2.05) is 37.8 Å². The topological polar surface area (TPSA) is 39.1 Å². The maximum Gasteiger partial charge on any atom is 0.119 e. The van der Waals surface area contributed by atoms with Gasteiger partial charge in [-0.1, -0.05) is 19.1 Å². The number of aryl methyl sites for hydroxylation is 2. The summed E-state index contributed by atoms with van der Waals surface area (Å²) in [4.78, 5) is 0. The van der Waals surface area contributed by atoms with E-state index in [0.717, 1.165) is 30.2 Å². The Morgan fingerprint density at radius 3 is 2.50 bits per heavy atom. The fourth-order valence-corrected chi connectivity index (χ4v) is 2.36. The molecular formula is C16H23N3O.